The van der Waals surface area contributed by atoms with Crippen molar-refractivity contribution < 1.29 is 4.52 Å². The van der Waals surface area contributed by atoms with Gasteiger partial charge in [-0.3, -0.25) is 0 Å². The van der Waals surface area contributed by atoms with Gasteiger partial charge in [-0.2, -0.15) is 9.90 Å². The number of benzene rings is 4. The fraction of sp³-hybridized carbons (Fsp3) is 0. The molecule has 2 aromatic heterocycles. The average Bonchev–Trinajstić information content (AvgIpc) is 3.56. The zero-order chi connectivity index (χ0) is 24.5. The molecular formula is C29H18Cl2N4O. The second kappa shape index (κ2) is 9.46. The van der Waals surface area contributed by atoms with Gasteiger partial charge >= 0.3 is 0 Å². The highest BCUT2D eigenvalue weighted by Crippen LogP contribution is 2.32. The summed E-state index contributed by atoms with van der Waals surface area (Å²) in [4.78, 5) is 1.63. The molecule has 2 heterocycles. The van der Waals surface area contributed by atoms with Crippen LogP contribution in [0.15, 0.2) is 102 Å². The second-order valence-corrected chi connectivity index (χ2v) is 9.06. The van der Waals surface area contributed by atoms with E-state index in [0.717, 1.165) is 44.7 Å². The van der Waals surface area contributed by atoms with Crippen LogP contribution in [0.4, 0.5) is 0 Å². The van der Waals surface area contributed by atoms with Crippen LogP contribution in [0.3, 0.4) is 0 Å². The molecule has 36 heavy (non-hydrogen) atoms. The van der Waals surface area contributed by atoms with E-state index in [9.17, 15) is 0 Å². The predicted octanol–water partition coefficient (Wildman–Crippen LogP) is 8.22. The molecule has 0 radical (unpaired) electrons. The Morgan fingerprint density at radius 1 is 0.778 bits per heavy atom. The zero-order valence-corrected chi connectivity index (χ0v) is 20.4. The molecule has 4 aromatic carbocycles. The molecule has 0 bridgehead atoms. The number of fused-ring (bicyclic) bond motifs is 1. The highest BCUT2D eigenvalue weighted by atomic mass is 35.5. The number of hydrogen-bond acceptors (Lipinski definition) is 4. The predicted molar refractivity (Wildman–Crippen MR) is 145 cm³/mol. The summed E-state index contributed by atoms with van der Waals surface area (Å²) in [5, 5.41) is 15.3. The van der Waals surface area contributed by atoms with E-state index < -0.39 is 0 Å². The maximum atomic E-state index is 6.60. The lowest BCUT2D eigenvalue weighted by Gasteiger charge is -2.03. The highest BCUT2D eigenvalue weighted by molar-refractivity contribution is 6.32. The second-order valence-electron chi connectivity index (χ2n) is 8.22. The van der Waals surface area contributed by atoms with Gasteiger partial charge < -0.3 is 4.52 Å². The fourth-order valence-electron chi connectivity index (χ4n) is 3.96. The van der Waals surface area contributed by atoms with Crippen LogP contribution in [0.1, 0.15) is 11.1 Å². The Labute approximate surface area is 217 Å². The molecule has 0 saturated heterocycles. The summed E-state index contributed by atoms with van der Waals surface area (Å²) < 4.78 is 5.42. The van der Waals surface area contributed by atoms with Gasteiger partial charge in [0.05, 0.1) is 11.9 Å². The van der Waals surface area contributed by atoms with E-state index in [1.165, 1.54) is 0 Å². The monoisotopic (exact) mass is 508 g/mol. The van der Waals surface area contributed by atoms with Gasteiger partial charge in [0.15, 0.2) is 5.58 Å². The molecule has 174 valence electrons. The molecule has 0 fully saturated rings. The van der Waals surface area contributed by atoms with E-state index in [4.69, 9.17) is 27.7 Å². The van der Waals surface area contributed by atoms with Crippen LogP contribution < -0.4 is 0 Å². The minimum atomic E-state index is 0.607. The van der Waals surface area contributed by atoms with Crippen molar-refractivity contribution in [1.29, 1.82) is 0 Å². The van der Waals surface area contributed by atoms with E-state index in [1.807, 2.05) is 97.1 Å². The van der Waals surface area contributed by atoms with E-state index >= 15 is 0 Å². The lowest BCUT2D eigenvalue weighted by atomic mass is 10.0. The van der Waals surface area contributed by atoms with Gasteiger partial charge in [0, 0.05) is 32.6 Å². The smallest absolute Gasteiger partial charge is 0.169 e. The number of halogens is 2. The van der Waals surface area contributed by atoms with E-state index in [0.29, 0.717) is 15.6 Å². The number of hydrogen-bond donors (Lipinski definition) is 0. The van der Waals surface area contributed by atoms with Crippen molar-refractivity contribution in [1.82, 2.24) is 20.2 Å². The van der Waals surface area contributed by atoms with Crippen LogP contribution >= 0.6 is 23.2 Å². The molecular weight excluding hydrogens is 491 g/mol. The Morgan fingerprint density at radius 3 is 2.39 bits per heavy atom. The van der Waals surface area contributed by atoms with Crippen molar-refractivity contribution in [2.75, 3.05) is 0 Å². The summed E-state index contributed by atoms with van der Waals surface area (Å²) in [6, 6.07) is 29.3. The van der Waals surface area contributed by atoms with Crippen molar-refractivity contribution >= 4 is 46.3 Å². The third kappa shape index (κ3) is 4.42. The van der Waals surface area contributed by atoms with Gasteiger partial charge in [0.25, 0.3) is 0 Å². The minimum absolute atomic E-state index is 0.607. The van der Waals surface area contributed by atoms with Crippen molar-refractivity contribution in [3.63, 3.8) is 0 Å². The Bertz CT molecular complexity index is 1700. The molecule has 0 atom stereocenters. The number of aromatic nitrogens is 4. The third-order valence-corrected chi connectivity index (χ3v) is 6.41. The minimum Gasteiger partial charge on any atom is -0.356 e. The molecule has 0 amide bonds. The van der Waals surface area contributed by atoms with Gasteiger partial charge in [0.2, 0.25) is 0 Å². The average molecular weight is 509 g/mol. The molecule has 7 heteroatoms. The molecule has 0 spiro atoms. The van der Waals surface area contributed by atoms with Crippen molar-refractivity contribution in [2.24, 2.45) is 0 Å². The lowest BCUT2D eigenvalue weighted by Crippen LogP contribution is -1.97. The normalized spacial score (nSPS) is 11.5. The van der Waals surface area contributed by atoms with Crippen LogP contribution in [0, 0.1) is 0 Å². The quantitative estimate of drug-likeness (QED) is 0.220. The molecule has 0 unspecified atom stereocenters. The van der Waals surface area contributed by atoms with Crippen molar-refractivity contribution in [3.05, 3.63) is 118 Å². The van der Waals surface area contributed by atoms with Crippen LogP contribution in [-0.4, -0.2) is 20.2 Å². The topological polar surface area (TPSA) is 56.7 Å². The summed E-state index contributed by atoms with van der Waals surface area (Å²) in [6.07, 6.45) is 5.79. The molecule has 5 nitrogen and oxygen atoms in total. The fourth-order valence-corrected chi connectivity index (χ4v) is 4.37. The summed E-state index contributed by atoms with van der Waals surface area (Å²) in [5.41, 5.74) is 6.95. The summed E-state index contributed by atoms with van der Waals surface area (Å²) >= 11 is 12.6. The standard InChI is InChI=1S/C29H18Cl2N4O/c30-23-14-15-25-28(17-23)36-34-29(25)22-13-12-20(26(31)16-22)9-6-19-7-10-21(11-8-19)27-18-32-35(33-27)24-4-2-1-3-5-24/h1-18H. The van der Waals surface area contributed by atoms with Gasteiger partial charge in [-0.05, 0) is 41.5 Å². The van der Waals surface area contributed by atoms with E-state index in [1.54, 1.807) is 17.1 Å². The number of rotatable bonds is 5. The SMILES string of the molecule is Clc1ccc2c(-c3ccc(C=Cc4ccc(-c5cnn(-c6ccccc6)n5)cc4)c(Cl)c3)noc2c1. The van der Waals surface area contributed by atoms with E-state index in [2.05, 4.69) is 15.4 Å². The maximum Gasteiger partial charge on any atom is 0.169 e. The first kappa shape index (κ1) is 22.3. The first-order valence-electron chi connectivity index (χ1n) is 11.3. The molecule has 0 N–H and O–H groups in total. The van der Waals surface area contributed by atoms with Gasteiger partial charge in [0.1, 0.15) is 11.4 Å². The number of para-hydroxylation sites is 1. The summed E-state index contributed by atoms with van der Waals surface area (Å²) in [5.74, 6) is 0. The molecule has 6 rings (SSSR count). The van der Waals surface area contributed by atoms with Gasteiger partial charge in [-0.15, -0.1) is 5.10 Å². The molecule has 6 aromatic rings. The first-order valence-corrected chi connectivity index (χ1v) is 12.0. The third-order valence-electron chi connectivity index (χ3n) is 5.85. The summed E-state index contributed by atoms with van der Waals surface area (Å²) in [6.45, 7) is 0. The van der Waals surface area contributed by atoms with Gasteiger partial charge in [-0.1, -0.05) is 95.1 Å². The number of nitrogens with zero attached hydrogens (tertiary/aromatic N) is 4. The molecule has 0 saturated carbocycles. The maximum absolute atomic E-state index is 6.60. The Kier molecular flexibility index (Phi) is 5.85. The van der Waals surface area contributed by atoms with Crippen LogP contribution in [0.25, 0.3) is 51.3 Å². The zero-order valence-electron chi connectivity index (χ0n) is 18.8. The molecule has 0 aliphatic heterocycles. The van der Waals surface area contributed by atoms with Gasteiger partial charge in [-0.25, -0.2) is 0 Å². The molecule has 0 aliphatic rings. The Hall–Kier alpha value is -4.19. The van der Waals surface area contributed by atoms with Crippen LogP contribution in [0.5, 0.6) is 0 Å². The Morgan fingerprint density at radius 2 is 1.58 bits per heavy atom. The first-order chi connectivity index (χ1) is 17.6. The highest BCUT2D eigenvalue weighted by Gasteiger charge is 2.12. The van der Waals surface area contributed by atoms with E-state index in [-0.39, 0.29) is 0 Å². The van der Waals surface area contributed by atoms with Crippen molar-refractivity contribution in [3.8, 4) is 28.2 Å². The largest absolute Gasteiger partial charge is 0.356 e. The van der Waals surface area contributed by atoms with Crippen molar-refractivity contribution in [2.45, 2.75) is 0 Å². The Balaban J connectivity index is 1.20. The van der Waals surface area contributed by atoms with Crippen LogP contribution in [0.2, 0.25) is 10.0 Å². The molecule has 0 aliphatic carbocycles. The van der Waals surface area contributed by atoms with Crippen LogP contribution in [-0.2, 0) is 0 Å². The summed E-state index contributed by atoms with van der Waals surface area (Å²) in [7, 11) is 0. The lowest BCUT2D eigenvalue weighted by molar-refractivity contribution is 0.459.